The Labute approximate surface area is 121 Å². The molecule has 1 N–H and O–H groups in total. The van der Waals surface area contributed by atoms with Gasteiger partial charge in [0.15, 0.2) is 0 Å². The number of aromatic amines is 1. The van der Waals surface area contributed by atoms with Gasteiger partial charge in [0.25, 0.3) is 0 Å². The monoisotopic (exact) mass is 275 g/mol. The molecule has 4 heterocycles. The highest BCUT2D eigenvalue weighted by Gasteiger charge is 2.07. The summed E-state index contributed by atoms with van der Waals surface area (Å²) >= 11 is 0. The Hall–Kier alpha value is -2.95. The van der Waals surface area contributed by atoms with Crippen molar-refractivity contribution in [3.63, 3.8) is 0 Å². The zero-order chi connectivity index (χ0) is 14.1. The van der Waals surface area contributed by atoms with Crippen molar-refractivity contribution in [1.29, 1.82) is 0 Å². The van der Waals surface area contributed by atoms with Gasteiger partial charge in [0.1, 0.15) is 5.65 Å². The molecule has 0 atom stereocenters. The molecule has 5 heteroatoms. The molecule has 5 nitrogen and oxygen atoms in total. The Morgan fingerprint density at radius 1 is 1.10 bits per heavy atom. The second-order valence-electron chi connectivity index (χ2n) is 4.89. The van der Waals surface area contributed by atoms with Crippen molar-refractivity contribution in [2.45, 2.75) is 6.54 Å². The van der Waals surface area contributed by atoms with Gasteiger partial charge in [-0.05, 0) is 29.3 Å². The van der Waals surface area contributed by atoms with Crippen LogP contribution in [0.1, 0.15) is 5.56 Å². The lowest BCUT2D eigenvalue weighted by Gasteiger charge is -2.01. The maximum atomic E-state index is 4.44. The number of hydrogen-bond donors (Lipinski definition) is 1. The van der Waals surface area contributed by atoms with Crippen molar-refractivity contribution in [3.05, 3.63) is 67.0 Å². The summed E-state index contributed by atoms with van der Waals surface area (Å²) in [6.45, 7) is 0.717. The molecule has 0 aromatic carbocycles. The second-order valence-corrected chi connectivity index (χ2v) is 4.89. The molecule has 21 heavy (non-hydrogen) atoms. The second kappa shape index (κ2) is 4.86. The lowest BCUT2D eigenvalue weighted by atomic mass is 10.1. The minimum atomic E-state index is 0.717. The summed E-state index contributed by atoms with van der Waals surface area (Å²) in [5.74, 6) is 0. The minimum absolute atomic E-state index is 0.717. The topological polar surface area (TPSA) is 59.4 Å². The van der Waals surface area contributed by atoms with Gasteiger partial charge >= 0.3 is 0 Å². The molecule has 0 bridgehead atoms. The highest BCUT2D eigenvalue weighted by atomic mass is 15.3. The Morgan fingerprint density at radius 2 is 2.10 bits per heavy atom. The maximum Gasteiger partial charge on any atom is 0.137 e. The van der Waals surface area contributed by atoms with Crippen LogP contribution in [0, 0.1) is 0 Å². The van der Waals surface area contributed by atoms with Crippen LogP contribution in [0.25, 0.3) is 22.2 Å². The van der Waals surface area contributed by atoms with Gasteiger partial charge < -0.3 is 4.98 Å². The summed E-state index contributed by atoms with van der Waals surface area (Å²) in [6.07, 6.45) is 11.3. The highest BCUT2D eigenvalue weighted by Crippen LogP contribution is 2.26. The molecule has 0 fully saturated rings. The fraction of sp³-hybridized carbons (Fsp3) is 0.0625. The van der Waals surface area contributed by atoms with Crippen LogP contribution >= 0.6 is 0 Å². The molecule has 4 aromatic heterocycles. The normalized spacial score (nSPS) is 11.0. The van der Waals surface area contributed by atoms with Crippen LogP contribution in [0.5, 0.6) is 0 Å². The van der Waals surface area contributed by atoms with E-state index in [9.17, 15) is 0 Å². The van der Waals surface area contributed by atoms with Crippen LogP contribution in [0.4, 0.5) is 0 Å². The van der Waals surface area contributed by atoms with Crippen molar-refractivity contribution >= 4 is 11.0 Å². The molecule has 0 aliphatic rings. The number of hydrogen-bond acceptors (Lipinski definition) is 3. The predicted molar refractivity (Wildman–Crippen MR) is 80.7 cm³/mol. The van der Waals surface area contributed by atoms with Gasteiger partial charge in [0.2, 0.25) is 0 Å². The summed E-state index contributed by atoms with van der Waals surface area (Å²) in [6, 6.07) is 8.04. The van der Waals surface area contributed by atoms with E-state index in [-0.39, 0.29) is 0 Å². The average molecular weight is 275 g/mol. The number of fused-ring (bicyclic) bond motifs is 1. The summed E-state index contributed by atoms with van der Waals surface area (Å²) in [5, 5.41) is 5.55. The van der Waals surface area contributed by atoms with Gasteiger partial charge in [-0.15, -0.1) is 0 Å². The van der Waals surface area contributed by atoms with E-state index in [1.165, 1.54) is 0 Å². The zero-order valence-corrected chi connectivity index (χ0v) is 11.3. The molecular formula is C16H13N5. The summed E-state index contributed by atoms with van der Waals surface area (Å²) < 4.78 is 1.92. The van der Waals surface area contributed by atoms with Gasteiger partial charge in [-0.1, -0.05) is 6.07 Å². The van der Waals surface area contributed by atoms with Crippen molar-refractivity contribution in [1.82, 2.24) is 24.7 Å². The Balaban J connectivity index is 1.70. The van der Waals surface area contributed by atoms with Gasteiger partial charge in [-0.25, -0.2) is 4.98 Å². The third-order valence-corrected chi connectivity index (χ3v) is 3.47. The molecule has 0 amide bonds. The molecule has 0 unspecified atom stereocenters. The van der Waals surface area contributed by atoms with Crippen molar-refractivity contribution < 1.29 is 0 Å². The summed E-state index contributed by atoms with van der Waals surface area (Å²) in [5.41, 5.74) is 4.26. The van der Waals surface area contributed by atoms with Crippen molar-refractivity contribution in [3.8, 4) is 11.1 Å². The molecule has 0 radical (unpaired) electrons. The number of rotatable bonds is 3. The molecule has 0 aliphatic carbocycles. The van der Waals surface area contributed by atoms with Gasteiger partial charge in [-0.3, -0.25) is 9.67 Å². The number of nitrogens with one attached hydrogen (secondary N) is 1. The summed E-state index contributed by atoms with van der Waals surface area (Å²) in [7, 11) is 0. The molecular weight excluding hydrogens is 262 g/mol. The highest BCUT2D eigenvalue weighted by molar-refractivity contribution is 5.92. The van der Waals surface area contributed by atoms with E-state index in [0.717, 1.165) is 34.3 Å². The first kappa shape index (κ1) is 11.8. The number of nitrogens with zero attached hydrogens (tertiary/aromatic N) is 4. The zero-order valence-electron chi connectivity index (χ0n) is 11.3. The van der Waals surface area contributed by atoms with Crippen molar-refractivity contribution in [2.75, 3.05) is 0 Å². The smallest absolute Gasteiger partial charge is 0.137 e. The molecule has 4 rings (SSSR count). The lowest BCUT2D eigenvalue weighted by Crippen LogP contribution is -1.99. The van der Waals surface area contributed by atoms with E-state index >= 15 is 0 Å². The standard InChI is InChI=1S/C16H13N5/c1-2-12(8-17-5-1)10-21-11-13(9-20-21)14-3-6-18-16-15(14)4-7-19-16/h1-9,11H,10H2,(H,18,19). The van der Waals surface area contributed by atoms with E-state index in [4.69, 9.17) is 0 Å². The van der Waals surface area contributed by atoms with E-state index in [2.05, 4.69) is 26.2 Å². The summed E-state index contributed by atoms with van der Waals surface area (Å²) in [4.78, 5) is 11.6. The van der Waals surface area contributed by atoms with Crippen LogP contribution in [0.3, 0.4) is 0 Å². The van der Waals surface area contributed by atoms with Crippen LogP contribution < -0.4 is 0 Å². The quantitative estimate of drug-likeness (QED) is 0.625. The molecule has 0 saturated carbocycles. The third-order valence-electron chi connectivity index (χ3n) is 3.47. The Morgan fingerprint density at radius 3 is 3.00 bits per heavy atom. The first-order valence-electron chi connectivity index (χ1n) is 6.74. The van der Waals surface area contributed by atoms with Crippen molar-refractivity contribution in [2.24, 2.45) is 0 Å². The maximum absolute atomic E-state index is 4.44. The van der Waals surface area contributed by atoms with E-state index in [1.807, 2.05) is 53.7 Å². The van der Waals surface area contributed by atoms with Gasteiger partial charge in [-0.2, -0.15) is 5.10 Å². The van der Waals surface area contributed by atoms with Gasteiger partial charge in [0.05, 0.1) is 12.7 Å². The fourth-order valence-electron chi connectivity index (χ4n) is 2.48. The minimum Gasteiger partial charge on any atom is -0.346 e. The molecule has 4 aromatic rings. The largest absolute Gasteiger partial charge is 0.346 e. The molecule has 0 spiro atoms. The SMILES string of the molecule is c1cncc(Cn2cc(-c3ccnc4[nH]ccc34)cn2)c1. The van der Waals surface area contributed by atoms with Gasteiger partial charge in [0, 0.05) is 41.9 Å². The predicted octanol–water partition coefficient (Wildman–Crippen LogP) is 2.87. The molecule has 0 saturated heterocycles. The average Bonchev–Trinajstić information content (AvgIpc) is 3.16. The third kappa shape index (κ3) is 2.18. The van der Waals surface area contributed by atoms with E-state index in [1.54, 1.807) is 6.20 Å². The van der Waals surface area contributed by atoms with Crippen LogP contribution in [0.15, 0.2) is 61.4 Å². The molecule has 0 aliphatic heterocycles. The Bertz CT molecular complexity index is 876. The first-order chi connectivity index (χ1) is 10.4. The van der Waals surface area contributed by atoms with E-state index < -0.39 is 0 Å². The number of pyridine rings is 2. The number of aromatic nitrogens is 5. The first-order valence-corrected chi connectivity index (χ1v) is 6.74. The fourth-order valence-corrected chi connectivity index (χ4v) is 2.48. The van der Waals surface area contributed by atoms with Crippen LogP contribution in [-0.4, -0.2) is 24.7 Å². The van der Waals surface area contributed by atoms with Crippen LogP contribution in [0.2, 0.25) is 0 Å². The molecule has 102 valence electrons. The Kier molecular flexibility index (Phi) is 2.74. The van der Waals surface area contributed by atoms with Crippen LogP contribution in [-0.2, 0) is 6.54 Å². The number of H-pyrrole nitrogens is 1. The van der Waals surface area contributed by atoms with E-state index in [0.29, 0.717) is 0 Å². The lowest BCUT2D eigenvalue weighted by molar-refractivity contribution is 0.685.